The van der Waals surface area contributed by atoms with Gasteiger partial charge in [-0.15, -0.1) is 0 Å². The third-order valence-corrected chi connectivity index (χ3v) is 5.86. The summed E-state index contributed by atoms with van der Waals surface area (Å²) in [6.45, 7) is 0. The van der Waals surface area contributed by atoms with Crippen LogP contribution in [0.15, 0.2) is 33.4 Å². The Morgan fingerprint density at radius 1 is 0.444 bits per heavy atom. The molecule has 0 amide bonds. The predicted octanol–water partition coefficient (Wildman–Crippen LogP) is -0.765. The molecule has 15 heteroatoms. The lowest BCUT2D eigenvalue weighted by Gasteiger charge is -2.29. The molecule has 0 aromatic heterocycles. The monoisotopic (exact) mass is 576 g/mol. The van der Waals surface area contributed by atoms with Crippen LogP contribution in [0, 0.1) is 0 Å². The number of esters is 7. The minimum atomic E-state index is -2.91. The number of hydrogen-bond donors (Lipinski definition) is 0. The second kappa shape index (κ2) is 12.1. The highest BCUT2D eigenvalue weighted by Gasteiger charge is 2.59. The number of halogens is 1. The smallest absolute Gasteiger partial charge is 0.339 e. The summed E-state index contributed by atoms with van der Waals surface area (Å²) < 4.78 is 30.0. The number of rotatable bonds is 7. The summed E-state index contributed by atoms with van der Waals surface area (Å²) in [4.78, 5) is 91.4. The zero-order valence-corrected chi connectivity index (χ0v) is 21.7. The minimum Gasteiger partial charge on any atom is -0.467 e. The highest BCUT2D eigenvalue weighted by atomic mass is 79.9. The third kappa shape index (κ3) is 4.86. The fraction of sp³-hybridized carbons (Fsp3) is 0.381. The van der Waals surface area contributed by atoms with Gasteiger partial charge in [0, 0.05) is 0 Å². The van der Waals surface area contributed by atoms with Gasteiger partial charge in [0.15, 0.2) is 4.32 Å². The Morgan fingerprint density at radius 3 is 0.917 bits per heavy atom. The Hall–Kier alpha value is -4.01. The molecule has 0 heterocycles. The van der Waals surface area contributed by atoms with Crippen LogP contribution in [0.2, 0.25) is 0 Å². The van der Waals surface area contributed by atoms with E-state index in [2.05, 4.69) is 34.9 Å². The van der Waals surface area contributed by atoms with Crippen molar-refractivity contribution in [2.45, 2.75) is 4.32 Å². The van der Waals surface area contributed by atoms with Gasteiger partial charge in [0.1, 0.15) is 0 Å². The fourth-order valence-electron chi connectivity index (χ4n) is 3.23. The van der Waals surface area contributed by atoms with Gasteiger partial charge in [0.2, 0.25) is 0 Å². The Kier molecular flexibility index (Phi) is 10.1. The Bertz CT molecular complexity index is 1050. The summed E-state index contributed by atoms with van der Waals surface area (Å²) in [5.74, 6) is -10.4. The average Bonchev–Trinajstić information content (AvgIpc) is 3.00. The summed E-state index contributed by atoms with van der Waals surface area (Å²) in [6.07, 6.45) is 0. The second-order valence-corrected chi connectivity index (χ2v) is 7.54. The van der Waals surface area contributed by atoms with Gasteiger partial charge >= 0.3 is 41.8 Å². The topological polar surface area (TPSA) is 184 Å². The molecule has 0 aromatic rings. The Labute approximate surface area is 212 Å². The van der Waals surface area contributed by atoms with E-state index < -0.39 is 79.5 Å². The van der Waals surface area contributed by atoms with Crippen LogP contribution in [-0.4, -0.2) is 95.9 Å². The van der Waals surface area contributed by atoms with Gasteiger partial charge in [-0.2, -0.15) is 0 Å². The van der Waals surface area contributed by atoms with Crippen LogP contribution in [0.5, 0.6) is 0 Å². The first kappa shape index (κ1) is 30.0. The lowest BCUT2D eigenvalue weighted by Crippen LogP contribution is -2.45. The van der Waals surface area contributed by atoms with E-state index in [0.717, 1.165) is 49.8 Å². The molecule has 14 nitrogen and oxygen atoms in total. The number of hydrogen-bond acceptors (Lipinski definition) is 14. The number of ether oxygens (including phenoxy) is 7. The van der Waals surface area contributed by atoms with Gasteiger partial charge in [-0.3, -0.25) is 0 Å². The molecular formula is C21H21BrO14. The van der Waals surface area contributed by atoms with E-state index in [-0.39, 0.29) is 0 Å². The van der Waals surface area contributed by atoms with Crippen LogP contribution in [0.4, 0.5) is 0 Å². The first-order chi connectivity index (χ1) is 16.9. The summed E-state index contributed by atoms with van der Waals surface area (Å²) in [7, 11) is 5.87. The van der Waals surface area contributed by atoms with Crippen LogP contribution < -0.4 is 0 Å². The minimum absolute atomic E-state index is 0.839. The zero-order valence-electron chi connectivity index (χ0n) is 20.1. The molecule has 0 unspecified atom stereocenters. The van der Waals surface area contributed by atoms with E-state index in [4.69, 9.17) is 14.2 Å². The molecular weight excluding hydrogens is 556 g/mol. The number of alkyl halides is 1. The molecule has 1 aliphatic rings. The maximum absolute atomic E-state index is 13.2. The lowest BCUT2D eigenvalue weighted by atomic mass is 9.85. The van der Waals surface area contributed by atoms with E-state index in [1.54, 1.807) is 0 Å². The number of carbonyl (C=O) groups excluding carboxylic acids is 7. The molecule has 0 radical (unpaired) electrons. The number of carbonyl (C=O) groups is 7. The quantitative estimate of drug-likeness (QED) is 0.209. The molecule has 0 saturated carbocycles. The van der Waals surface area contributed by atoms with Crippen LogP contribution in [0.25, 0.3) is 0 Å². The van der Waals surface area contributed by atoms with Crippen molar-refractivity contribution in [1.82, 2.24) is 0 Å². The maximum Gasteiger partial charge on any atom is 0.339 e. The SMILES string of the molecule is COC(=O)C1=C(C(=O)OC)C(C(=O)OC)=C(C(=O)OC)C(Br)(C(=O)OC)C(C(=O)OC)=C1C(=O)OC. The van der Waals surface area contributed by atoms with Crippen LogP contribution >= 0.6 is 15.9 Å². The molecule has 0 N–H and O–H groups in total. The molecule has 36 heavy (non-hydrogen) atoms. The molecule has 0 fully saturated rings. The molecule has 0 aliphatic heterocycles. The third-order valence-electron chi connectivity index (χ3n) is 4.74. The van der Waals surface area contributed by atoms with E-state index in [0.29, 0.717) is 0 Å². The summed E-state index contributed by atoms with van der Waals surface area (Å²) in [6, 6.07) is 0. The molecule has 0 spiro atoms. The zero-order chi connectivity index (χ0) is 28.0. The van der Waals surface area contributed by atoms with Crippen LogP contribution in [0.1, 0.15) is 0 Å². The first-order valence-electron chi connectivity index (χ1n) is 9.40. The summed E-state index contributed by atoms with van der Waals surface area (Å²) in [5, 5.41) is 0. The van der Waals surface area contributed by atoms with Crippen molar-refractivity contribution in [3.63, 3.8) is 0 Å². The van der Waals surface area contributed by atoms with Gasteiger partial charge in [-0.05, 0) is 0 Å². The average molecular weight is 577 g/mol. The van der Waals surface area contributed by atoms with E-state index in [1.165, 1.54) is 0 Å². The van der Waals surface area contributed by atoms with E-state index >= 15 is 0 Å². The molecule has 0 saturated heterocycles. The molecule has 1 aliphatic carbocycles. The molecule has 0 aromatic carbocycles. The van der Waals surface area contributed by atoms with Crippen LogP contribution in [-0.2, 0) is 66.7 Å². The normalized spacial score (nSPS) is 14.8. The second-order valence-electron chi connectivity index (χ2n) is 6.35. The number of methoxy groups -OCH3 is 7. The van der Waals surface area contributed by atoms with Crippen molar-refractivity contribution in [2.24, 2.45) is 0 Å². The van der Waals surface area contributed by atoms with Crippen molar-refractivity contribution in [1.29, 1.82) is 0 Å². The predicted molar refractivity (Wildman–Crippen MR) is 117 cm³/mol. The van der Waals surface area contributed by atoms with E-state index in [1.807, 2.05) is 0 Å². The molecule has 0 bridgehead atoms. The van der Waals surface area contributed by atoms with Crippen molar-refractivity contribution < 1.29 is 66.7 Å². The first-order valence-corrected chi connectivity index (χ1v) is 10.2. The van der Waals surface area contributed by atoms with Gasteiger partial charge < -0.3 is 33.2 Å². The van der Waals surface area contributed by atoms with E-state index in [9.17, 15) is 33.6 Å². The van der Waals surface area contributed by atoms with Gasteiger partial charge in [-0.1, -0.05) is 15.9 Å². The molecule has 196 valence electrons. The summed E-state index contributed by atoms with van der Waals surface area (Å²) >= 11 is 2.92. The lowest BCUT2D eigenvalue weighted by molar-refractivity contribution is -0.147. The standard InChI is InChI=1S/C21H21BrO14/c1-30-14(23)8-9(15(24)31-2)11(17(26)33-4)13(19(28)35-6)21(22,20(29)36-7)12(18(27)34-5)10(8)16(25)32-3/h1-7H3. The Morgan fingerprint density at radius 2 is 0.694 bits per heavy atom. The van der Waals surface area contributed by atoms with Gasteiger partial charge in [0.25, 0.3) is 0 Å². The Balaban J connectivity index is 4.96. The van der Waals surface area contributed by atoms with Crippen molar-refractivity contribution in [3.8, 4) is 0 Å². The van der Waals surface area contributed by atoms with Crippen molar-refractivity contribution in [3.05, 3.63) is 33.4 Å². The van der Waals surface area contributed by atoms with Crippen molar-refractivity contribution in [2.75, 3.05) is 49.8 Å². The highest BCUT2D eigenvalue weighted by molar-refractivity contribution is 9.10. The fourth-order valence-corrected chi connectivity index (χ4v) is 4.11. The summed E-state index contributed by atoms with van der Waals surface area (Å²) in [5.41, 5.74) is -6.57. The molecule has 1 rings (SSSR count). The highest BCUT2D eigenvalue weighted by Crippen LogP contribution is 2.47. The van der Waals surface area contributed by atoms with Gasteiger partial charge in [0.05, 0.1) is 83.2 Å². The molecule has 0 atom stereocenters. The van der Waals surface area contributed by atoms with Crippen molar-refractivity contribution >= 4 is 57.7 Å². The largest absolute Gasteiger partial charge is 0.467 e. The van der Waals surface area contributed by atoms with Crippen LogP contribution in [0.3, 0.4) is 0 Å². The van der Waals surface area contributed by atoms with Gasteiger partial charge in [-0.25, -0.2) is 33.6 Å². The maximum atomic E-state index is 13.2.